The van der Waals surface area contributed by atoms with E-state index in [1.54, 1.807) is 30.6 Å². The van der Waals surface area contributed by atoms with Crippen LogP contribution in [0.1, 0.15) is 0 Å². The molecule has 3 aromatic rings. The van der Waals surface area contributed by atoms with Crippen LogP contribution in [0.2, 0.25) is 0 Å². The average molecular weight is 310 g/mol. The van der Waals surface area contributed by atoms with E-state index in [0.717, 1.165) is 0 Å². The lowest BCUT2D eigenvalue weighted by molar-refractivity contribution is -0.353. The van der Waals surface area contributed by atoms with Gasteiger partial charge >= 0.3 is 0 Å². The minimum atomic E-state index is -0.189. The third-order valence-corrected chi connectivity index (χ3v) is 2.75. The Morgan fingerprint density at radius 3 is 2.26 bits per heavy atom. The molecule has 4 N–H and O–H groups in total. The van der Waals surface area contributed by atoms with Gasteiger partial charge in [-0.1, -0.05) is 0 Å². The zero-order chi connectivity index (χ0) is 16.1. The Hall–Kier alpha value is -3.40. The zero-order valence-corrected chi connectivity index (χ0v) is 11.9. The average Bonchev–Trinajstić information content (AvgIpc) is 2.63. The number of hydrogen-bond acceptors (Lipinski definition) is 8. The molecule has 0 fully saturated rings. The fraction of sp³-hybridized carbons (Fsp3) is 0.0769. The third kappa shape index (κ3) is 3.44. The fourth-order valence-corrected chi connectivity index (χ4v) is 1.66. The highest BCUT2D eigenvalue weighted by Gasteiger charge is 2.09. The van der Waals surface area contributed by atoms with Gasteiger partial charge in [0.25, 0.3) is 5.91 Å². The van der Waals surface area contributed by atoms with Crippen molar-refractivity contribution in [3.63, 3.8) is 0 Å². The van der Waals surface area contributed by atoms with Crippen LogP contribution in [0, 0.1) is 0 Å². The molecule has 0 saturated carbocycles. The Kier molecular flexibility index (Phi) is 4.16. The van der Waals surface area contributed by atoms with Crippen LogP contribution in [0.4, 0.5) is 5.69 Å². The highest BCUT2D eigenvalue weighted by atomic mass is 16.1. The second kappa shape index (κ2) is 6.58. The molecule has 10 heteroatoms. The second-order valence-electron chi connectivity index (χ2n) is 4.35. The summed E-state index contributed by atoms with van der Waals surface area (Å²) in [6.45, 7) is 0.154. The summed E-state index contributed by atoms with van der Waals surface area (Å²) in [5.41, 5.74) is 4.55. The molecule has 3 aromatic heterocycles. The van der Waals surface area contributed by atoms with E-state index >= 15 is 0 Å². The zero-order valence-electron chi connectivity index (χ0n) is 11.9. The maximum atomic E-state index is 11.3. The molecule has 0 aliphatic carbocycles. The van der Waals surface area contributed by atoms with Crippen LogP contribution >= 0.6 is 0 Å². The molecule has 0 radical (unpaired) electrons. The van der Waals surface area contributed by atoms with E-state index in [0.29, 0.717) is 17.2 Å². The van der Waals surface area contributed by atoms with Gasteiger partial charge in [-0.2, -0.15) is 0 Å². The number of anilines is 1. The summed E-state index contributed by atoms with van der Waals surface area (Å²) < 4.78 is 0. The van der Waals surface area contributed by atoms with Crippen molar-refractivity contribution in [2.45, 2.75) is 0 Å². The molecular weight excluding hydrogens is 298 g/mol. The summed E-state index contributed by atoms with van der Waals surface area (Å²) in [7, 11) is 0. The summed E-state index contributed by atoms with van der Waals surface area (Å²) in [4.78, 5) is 23.5. The Morgan fingerprint density at radius 2 is 1.65 bits per heavy atom. The first-order valence-corrected chi connectivity index (χ1v) is 6.66. The summed E-state index contributed by atoms with van der Waals surface area (Å²) in [5, 5.41) is 18.5. The number of rotatable bonds is 4. The van der Waals surface area contributed by atoms with Crippen molar-refractivity contribution in [3.05, 3.63) is 36.8 Å². The van der Waals surface area contributed by atoms with Crippen molar-refractivity contribution in [1.29, 1.82) is 0 Å². The van der Waals surface area contributed by atoms with E-state index in [2.05, 4.69) is 46.4 Å². The number of aromatic nitrogens is 7. The number of pyridine rings is 1. The number of carbonyl (C=O) groups excluding carboxylic acids is 1. The van der Waals surface area contributed by atoms with E-state index in [9.17, 15) is 4.79 Å². The maximum Gasteiger partial charge on any atom is 0.279 e. The topological polar surface area (TPSA) is 147 Å². The largest absolute Gasteiger partial charge is 0.350 e. The smallest absolute Gasteiger partial charge is 0.279 e. The van der Waals surface area contributed by atoms with E-state index < -0.39 is 0 Å². The van der Waals surface area contributed by atoms with Gasteiger partial charge in [0.15, 0.2) is 6.54 Å². The van der Waals surface area contributed by atoms with Crippen molar-refractivity contribution in [3.8, 4) is 23.2 Å². The quantitative estimate of drug-likeness (QED) is 0.621. The normalized spacial score (nSPS) is 10.3. The first-order valence-electron chi connectivity index (χ1n) is 6.66. The minimum absolute atomic E-state index is 0.154. The highest BCUT2D eigenvalue weighted by Crippen LogP contribution is 2.14. The monoisotopic (exact) mass is 310 g/mol. The van der Waals surface area contributed by atoms with E-state index in [-0.39, 0.29) is 24.1 Å². The summed E-state index contributed by atoms with van der Waals surface area (Å²) >= 11 is 0. The molecule has 0 unspecified atom stereocenters. The first-order chi connectivity index (χ1) is 11.3. The number of carbonyl (C=O) groups is 1. The van der Waals surface area contributed by atoms with Gasteiger partial charge < -0.3 is 11.1 Å². The minimum Gasteiger partial charge on any atom is -0.350 e. The van der Waals surface area contributed by atoms with Crippen molar-refractivity contribution >= 4 is 11.6 Å². The highest BCUT2D eigenvalue weighted by molar-refractivity contribution is 5.91. The van der Waals surface area contributed by atoms with Crippen LogP contribution < -0.4 is 11.1 Å². The van der Waals surface area contributed by atoms with Crippen LogP contribution in [0.3, 0.4) is 0 Å². The van der Waals surface area contributed by atoms with Gasteiger partial charge in [-0.15, -0.1) is 20.4 Å². The van der Waals surface area contributed by atoms with Crippen molar-refractivity contribution in [1.82, 2.24) is 35.3 Å². The lowest BCUT2D eigenvalue weighted by Gasteiger charge is -2.03. The molecule has 3 heterocycles. The molecule has 0 spiro atoms. The van der Waals surface area contributed by atoms with Crippen LogP contribution in [0.25, 0.3) is 23.2 Å². The van der Waals surface area contributed by atoms with E-state index in [1.165, 1.54) is 6.20 Å². The van der Waals surface area contributed by atoms with Gasteiger partial charge in [0.2, 0.25) is 17.5 Å². The van der Waals surface area contributed by atoms with Gasteiger partial charge in [0.05, 0.1) is 11.9 Å². The number of amides is 1. The van der Waals surface area contributed by atoms with Crippen LogP contribution in [-0.2, 0) is 4.79 Å². The van der Waals surface area contributed by atoms with Gasteiger partial charge in [-0.3, -0.25) is 9.78 Å². The molecule has 10 nitrogen and oxygen atoms in total. The van der Waals surface area contributed by atoms with Gasteiger partial charge in [-0.25, -0.2) is 9.97 Å². The van der Waals surface area contributed by atoms with Gasteiger partial charge in [0.1, 0.15) is 5.69 Å². The Labute approximate surface area is 130 Å². The maximum absolute atomic E-state index is 11.3. The Bertz CT molecular complexity index is 790. The van der Waals surface area contributed by atoms with E-state index in [4.69, 9.17) is 0 Å². The fourth-order valence-electron chi connectivity index (χ4n) is 1.66. The summed E-state index contributed by atoms with van der Waals surface area (Å²) in [5.74, 6) is 0.651. The molecular formula is C13H12N9O+. The first kappa shape index (κ1) is 14.5. The third-order valence-electron chi connectivity index (χ3n) is 2.75. The van der Waals surface area contributed by atoms with Crippen LogP contribution in [0.15, 0.2) is 36.8 Å². The standard InChI is InChI=1S/C13H11N9O/c14-6-10(23)18-8-2-3-9(17-7-8)11-19-21-13(22-20-11)12-15-4-1-5-16-12/h1-5,7H,6,14H2,(H,18,23)/p+1. The molecule has 0 atom stereocenters. The van der Waals surface area contributed by atoms with Crippen molar-refractivity contribution in [2.24, 2.45) is 0 Å². The molecule has 0 bridgehead atoms. The second-order valence-corrected chi connectivity index (χ2v) is 4.35. The lowest BCUT2D eigenvalue weighted by Crippen LogP contribution is -2.55. The number of nitrogens with zero attached hydrogens (tertiary/aromatic N) is 7. The summed E-state index contributed by atoms with van der Waals surface area (Å²) in [6.07, 6.45) is 4.67. The van der Waals surface area contributed by atoms with Gasteiger partial charge in [-0.05, 0) is 18.2 Å². The Morgan fingerprint density at radius 1 is 0.957 bits per heavy atom. The number of hydrogen-bond donors (Lipinski definition) is 2. The summed E-state index contributed by atoms with van der Waals surface area (Å²) in [6, 6.07) is 5.04. The molecule has 0 aliphatic heterocycles. The predicted molar refractivity (Wildman–Crippen MR) is 78.3 cm³/mol. The lowest BCUT2D eigenvalue weighted by atomic mass is 10.3. The molecule has 1 amide bonds. The Balaban J connectivity index is 1.78. The molecule has 0 saturated heterocycles. The molecule has 114 valence electrons. The predicted octanol–water partition coefficient (Wildman–Crippen LogP) is -1.03. The SMILES string of the molecule is [NH3+]CC(=O)Nc1ccc(-c2nnc(-c3ncccn3)nn2)nc1. The molecule has 0 aliphatic rings. The van der Waals surface area contributed by atoms with Crippen LogP contribution in [0.5, 0.6) is 0 Å². The molecule has 3 rings (SSSR count). The van der Waals surface area contributed by atoms with Gasteiger partial charge in [0, 0.05) is 12.4 Å². The number of nitrogens with one attached hydrogen (secondary N) is 1. The van der Waals surface area contributed by atoms with Crippen molar-refractivity contribution in [2.75, 3.05) is 11.9 Å². The van der Waals surface area contributed by atoms with Crippen molar-refractivity contribution < 1.29 is 10.5 Å². The van der Waals surface area contributed by atoms with E-state index in [1.807, 2.05) is 0 Å². The molecule has 0 aromatic carbocycles. The number of quaternary nitrogens is 1. The molecule has 23 heavy (non-hydrogen) atoms. The van der Waals surface area contributed by atoms with Crippen LogP contribution in [-0.4, -0.2) is 47.8 Å².